The third kappa shape index (κ3) is 6.32. The third-order valence-electron chi connectivity index (χ3n) is 4.79. The number of benzene rings is 2. The van der Waals surface area contributed by atoms with Crippen LogP contribution in [0.2, 0.25) is 0 Å². The summed E-state index contributed by atoms with van der Waals surface area (Å²) < 4.78 is 56.0. The number of aromatic nitrogens is 2. The first kappa shape index (κ1) is 24.7. The molecule has 178 valence electrons. The summed E-state index contributed by atoms with van der Waals surface area (Å²) in [7, 11) is 0. The summed E-state index contributed by atoms with van der Waals surface area (Å²) in [6.45, 7) is 3.53. The molecule has 0 saturated carbocycles. The largest absolute Gasteiger partial charge is 0.573 e. The maximum Gasteiger partial charge on any atom is 0.573 e. The Balaban J connectivity index is 2.06. The molecule has 2 aromatic carbocycles. The Morgan fingerprint density at radius 2 is 1.85 bits per heavy atom. The lowest BCUT2D eigenvalue weighted by Crippen LogP contribution is -2.30. The minimum absolute atomic E-state index is 0.00518. The van der Waals surface area contributed by atoms with Crippen molar-refractivity contribution in [1.29, 1.82) is 5.26 Å². The van der Waals surface area contributed by atoms with Crippen molar-refractivity contribution in [2.75, 3.05) is 17.2 Å². The fourth-order valence-corrected chi connectivity index (χ4v) is 3.05. The number of ether oxygens (including phenoxy) is 1. The molecule has 0 bridgehead atoms. The van der Waals surface area contributed by atoms with Crippen molar-refractivity contribution in [3.05, 3.63) is 59.9 Å². The average molecular weight is 475 g/mol. The van der Waals surface area contributed by atoms with Crippen LogP contribution in [0.25, 0.3) is 11.3 Å². The van der Waals surface area contributed by atoms with Gasteiger partial charge in [0.05, 0.1) is 24.0 Å². The van der Waals surface area contributed by atoms with E-state index in [1.807, 2.05) is 13.8 Å². The zero-order chi connectivity index (χ0) is 24.9. The number of alkyl halides is 3. The lowest BCUT2D eigenvalue weighted by Gasteiger charge is -2.21. The second-order valence-electron chi connectivity index (χ2n) is 7.61. The van der Waals surface area contributed by atoms with E-state index in [2.05, 4.69) is 25.3 Å². The minimum Gasteiger partial charge on any atom is -0.406 e. The third-order valence-corrected chi connectivity index (χ3v) is 4.79. The van der Waals surface area contributed by atoms with E-state index in [1.165, 1.54) is 30.3 Å². The summed E-state index contributed by atoms with van der Waals surface area (Å²) in [5.74, 6) is -0.926. The van der Waals surface area contributed by atoms with E-state index < -0.39 is 24.0 Å². The van der Waals surface area contributed by atoms with E-state index in [0.717, 1.165) is 18.2 Å². The molecule has 0 aliphatic heterocycles. The normalized spacial score (nSPS) is 12.2. The summed E-state index contributed by atoms with van der Waals surface area (Å²) >= 11 is 0. The highest BCUT2D eigenvalue weighted by Gasteiger charge is 2.31. The molecule has 0 aliphatic carbocycles. The Bertz CT molecular complexity index is 1190. The molecule has 3 rings (SSSR count). The second kappa shape index (κ2) is 10.4. The Kier molecular flexibility index (Phi) is 7.53. The lowest BCUT2D eigenvalue weighted by atomic mass is 10.1. The van der Waals surface area contributed by atoms with Gasteiger partial charge in [0, 0.05) is 11.6 Å². The van der Waals surface area contributed by atoms with Crippen molar-refractivity contribution in [1.82, 2.24) is 9.97 Å². The molecule has 34 heavy (non-hydrogen) atoms. The van der Waals surface area contributed by atoms with Crippen LogP contribution in [0.5, 0.6) is 5.75 Å². The van der Waals surface area contributed by atoms with Gasteiger partial charge >= 0.3 is 6.36 Å². The van der Waals surface area contributed by atoms with Crippen LogP contribution in [-0.4, -0.2) is 34.1 Å². The molecule has 1 aromatic heterocycles. The van der Waals surface area contributed by atoms with Crippen LogP contribution in [0.4, 0.5) is 35.0 Å². The van der Waals surface area contributed by atoms with Gasteiger partial charge in [0.15, 0.2) is 0 Å². The predicted octanol–water partition coefficient (Wildman–Crippen LogP) is 5.23. The van der Waals surface area contributed by atoms with E-state index >= 15 is 0 Å². The Labute approximate surface area is 193 Å². The van der Waals surface area contributed by atoms with Crippen LogP contribution < -0.4 is 15.4 Å². The molecule has 3 aromatic rings. The number of rotatable bonds is 8. The first-order valence-electron chi connectivity index (χ1n) is 10.2. The highest BCUT2D eigenvalue weighted by Crippen LogP contribution is 2.30. The van der Waals surface area contributed by atoms with Gasteiger partial charge in [0.1, 0.15) is 29.0 Å². The van der Waals surface area contributed by atoms with Crippen molar-refractivity contribution in [2.45, 2.75) is 26.3 Å². The van der Waals surface area contributed by atoms with Gasteiger partial charge in [0.25, 0.3) is 0 Å². The molecule has 0 saturated heterocycles. The molecule has 0 spiro atoms. The number of anilines is 3. The van der Waals surface area contributed by atoms with Crippen LogP contribution in [-0.2, 0) is 0 Å². The Morgan fingerprint density at radius 3 is 2.50 bits per heavy atom. The Hall–Kier alpha value is -3.91. The number of hydrogen-bond acceptors (Lipinski definition) is 7. The fraction of sp³-hybridized carbons (Fsp3) is 0.261. The molecule has 0 aliphatic rings. The summed E-state index contributed by atoms with van der Waals surface area (Å²) in [6, 6.07) is 12.1. The number of nitrogens with one attached hydrogen (secondary N) is 2. The topological polar surface area (TPSA) is 103 Å². The highest BCUT2D eigenvalue weighted by molar-refractivity contribution is 5.70. The van der Waals surface area contributed by atoms with Crippen molar-refractivity contribution in [3.63, 3.8) is 0 Å². The van der Waals surface area contributed by atoms with E-state index in [9.17, 15) is 27.9 Å². The maximum absolute atomic E-state index is 14.0. The summed E-state index contributed by atoms with van der Waals surface area (Å²) in [6.07, 6.45) is -4.86. The second-order valence-corrected chi connectivity index (χ2v) is 7.61. The lowest BCUT2D eigenvalue weighted by molar-refractivity contribution is -0.274. The number of aliphatic hydroxyl groups excluding tert-OH is 1. The summed E-state index contributed by atoms with van der Waals surface area (Å²) in [4.78, 5) is 8.69. The maximum atomic E-state index is 14.0. The average Bonchev–Trinajstić information content (AvgIpc) is 2.76. The number of nitriles is 1. The quantitative estimate of drug-likeness (QED) is 0.384. The smallest absolute Gasteiger partial charge is 0.406 e. The molecule has 0 amide bonds. The standard InChI is InChI=1S/C23H21F4N5O2/c1-13(2)20(12-33)31-22-30-19(14-5-3-6-15(9-14)34-23(25,26)27)10-21(32-22)29-18-8-4-7-17(24)16(18)11-28/h3-10,13,20,33H,12H2,1-2H3,(H2,29,30,31,32)/t20-/m1/s1. The number of halogens is 4. The molecule has 0 unspecified atom stereocenters. The first-order valence-corrected chi connectivity index (χ1v) is 10.2. The first-order chi connectivity index (χ1) is 16.1. The molecule has 7 nitrogen and oxygen atoms in total. The fourth-order valence-electron chi connectivity index (χ4n) is 3.05. The molecule has 3 N–H and O–H groups in total. The van der Waals surface area contributed by atoms with E-state index in [-0.39, 0.29) is 41.2 Å². The van der Waals surface area contributed by atoms with Gasteiger partial charge in [0.2, 0.25) is 5.95 Å². The van der Waals surface area contributed by atoms with Crippen molar-refractivity contribution in [3.8, 4) is 23.1 Å². The molecular formula is C23H21F4N5O2. The predicted molar refractivity (Wildman–Crippen MR) is 118 cm³/mol. The van der Waals surface area contributed by atoms with Crippen molar-refractivity contribution >= 4 is 17.5 Å². The van der Waals surface area contributed by atoms with Gasteiger partial charge in [-0.15, -0.1) is 13.2 Å². The monoisotopic (exact) mass is 475 g/mol. The number of aliphatic hydroxyl groups is 1. The SMILES string of the molecule is CC(C)[C@@H](CO)Nc1nc(Nc2cccc(F)c2C#N)cc(-c2cccc(OC(F)(F)F)c2)n1. The Morgan fingerprint density at radius 1 is 1.12 bits per heavy atom. The number of nitrogens with zero attached hydrogens (tertiary/aromatic N) is 3. The highest BCUT2D eigenvalue weighted by atomic mass is 19.4. The zero-order valence-electron chi connectivity index (χ0n) is 18.2. The van der Waals surface area contributed by atoms with Gasteiger partial charge in [-0.2, -0.15) is 10.2 Å². The number of hydrogen-bond donors (Lipinski definition) is 3. The van der Waals surface area contributed by atoms with E-state index in [1.54, 1.807) is 6.07 Å². The van der Waals surface area contributed by atoms with Gasteiger partial charge < -0.3 is 20.5 Å². The van der Waals surface area contributed by atoms with E-state index in [4.69, 9.17) is 0 Å². The van der Waals surface area contributed by atoms with Gasteiger partial charge in [-0.05, 0) is 30.2 Å². The molecular weight excluding hydrogens is 454 g/mol. The van der Waals surface area contributed by atoms with Crippen LogP contribution >= 0.6 is 0 Å². The molecule has 1 atom stereocenters. The summed E-state index contributed by atoms with van der Waals surface area (Å²) in [5.41, 5.74) is 0.436. The van der Waals surface area contributed by atoms with Crippen LogP contribution in [0.3, 0.4) is 0 Å². The summed E-state index contributed by atoms with van der Waals surface area (Å²) in [5, 5.41) is 24.8. The minimum atomic E-state index is -4.86. The van der Waals surface area contributed by atoms with Crippen LogP contribution in [0.1, 0.15) is 19.4 Å². The van der Waals surface area contributed by atoms with Gasteiger partial charge in [-0.25, -0.2) is 9.37 Å². The van der Waals surface area contributed by atoms with Crippen molar-refractivity contribution < 1.29 is 27.4 Å². The van der Waals surface area contributed by atoms with Gasteiger partial charge in [-0.1, -0.05) is 32.0 Å². The van der Waals surface area contributed by atoms with E-state index in [0.29, 0.717) is 5.56 Å². The van der Waals surface area contributed by atoms with Crippen LogP contribution in [0.15, 0.2) is 48.5 Å². The molecule has 1 heterocycles. The van der Waals surface area contributed by atoms with Gasteiger partial charge in [-0.3, -0.25) is 0 Å². The molecule has 0 fully saturated rings. The van der Waals surface area contributed by atoms with Crippen molar-refractivity contribution in [2.24, 2.45) is 5.92 Å². The molecule has 0 radical (unpaired) electrons. The molecule has 11 heteroatoms. The van der Waals surface area contributed by atoms with Crippen LogP contribution in [0, 0.1) is 23.1 Å². The zero-order valence-corrected chi connectivity index (χ0v) is 18.2.